The predicted octanol–water partition coefficient (Wildman–Crippen LogP) is 7.01. The monoisotopic (exact) mass is 570 g/mol. The van der Waals surface area contributed by atoms with Crippen LogP contribution in [0.5, 0.6) is 0 Å². The third-order valence-electron chi connectivity index (χ3n) is 8.01. The highest BCUT2D eigenvalue weighted by molar-refractivity contribution is 7.89. The minimum atomic E-state index is -3.43. The fourth-order valence-electron chi connectivity index (χ4n) is 5.78. The molecule has 1 N–H and O–H groups in total. The van der Waals surface area contributed by atoms with Crippen LogP contribution < -0.4 is 10.3 Å². The molecule has 6 nitrogen and oxygen atoms in total. The van der Waals surface area contributed by atoms with E-state index >= 15 is 0 Å². The van der Waals surface area contributed by atoms with Crippen LogP contribution in [0.3, 0.4) is 0 Å². The zero-order valence-electron chi connectivity index (χ0n) is 23.7. The van der Waals surface area contributed by atoms with E-state index < -0.39 is 10.0 Å². The fraction of sp³-hybridized carbons (Fsp3) is 0.353. The Balaban J connectivity index is 1.04. The molecule has 0 saturated carbocycles. The first-order chi connectivity index (χ1) is 19.9. The molecule has 0 aliphatic heterocycles. The van der Waals surface area contributed by atoms with Gasteiger partial charge in [-0.1, -0.05) is 105 Å². The molecule has 5 rings (SSSR count). The third kappa shape index (κ3) is 6.36. The number of sulfonamides is 1. The van der Waals surface area contributed by atoms with Crippen molar-refractivity contribution in [2.75, 3.05) is 6.54 Å². The van der Waals surface area contributed by atoms with Gasteiger partial charge in [0.15, 0.2) is 5.78 Å². The summed E-state index contributed by atoms with van der Waals surface area (Å²) < 4.78 is 29.2. The van der Waals surface area contributed by atoms with Crippen molar-refractivity contribution in [3.05, 3.63) is 99.8 Å². The molecule has 1 heterocycles. The number of ketones is 1. The third-order valence-corrected chi connectivity index (χ3v) is 9.49. The molecule has 0 atom stereocenters. The van der Waals surface area contributed by atoms with Crippen LogP contribution in [0.15, 0.2) is 82.5 Å². The van der Waals surface area contributed by atoms with Crippen LogP contribution in [0.4, 0.5) is 0 Å². The van der Waals surface area contributed by atoms with Crippen molar-refractivity contribution in [1.82, 2.24) is 9.29 Å². The number of unbranched alkanes of at least 4 members (excludes halogenated alkanes) is 8. The van der Waals surface area contributed by atoms with E-state index in [1.165, 1.54) is 0 Å². The second kappa shape index (κ2) is 13.0. The molecule has 0 radical (unpaired) electrons. The molecule has 3 aromatic carbocycles. The lowest BCUT2D eigenvalue weighted by Crippen LogP contribution is -2.24. The number of aryl methyl sites for hydroxylation is 1. The smallest absolute Gasteiger partial charge is 0.258 e. The van der Waals surface area contributed by atoms with Gasteiger partial charge in [-0.2, -0.15) is 0 Å². The highest BCUT2D eigenvalue weighted by atomic mass is 32.2. The molecular weight excluding hydrogens is 532 g/mol. The summed E-state index contributed by atoms with van der Waals surface area (Å²) in [4.78, 5) is 27.1. The molecule has 4 aromatic rings. The number of benzene rings is 3. The Hall–Kier alpha value is -3.55. The van der Waals surface area contributed by atoms with Crippen LogP contribution in [0.1, 0.15) is 79.3 Å². The van der Waals surface area contributed by atoms with Crippen molar-refractivity contribution < 1.29 is 13.2 Å². The van der Waals surface area contributed by atoms with Gasteiger partial charge >= 0.3 is 0 Å². The Labute approximate surface area is 242 Å². The van der Waals surface area contributed by atoms with Gasteiger partial charge in [-0.15, -0.1) is 0 Å². The maximum Gasteiger partial charge on any atom is 0.258 e. The predicted molar refractivity (Wildman–Crippen MR) is 165 cm³/mol. The number of aromatic nitrogens is 1. The van der Waals surface area contributed by atoms with E-state index in [2.05, 4.69) is 4.72 Å². The van der Waals surface area contributed by atoms with E-state index in [1.807, 2.05) is 72.2 Å². The summed E-state index contributed by atoms with van der Waals surface area (Å²) in [5.41, 5.74) is 3.98. The highest BCUT2D eigenvalue weighted by Crippen LogP contribution is 2.39. The number of hydrogen-bond donors (Lipinski definition) is 1. The summed E-state index contributed by atoms with van der Waals surface area (Å²) in [6.07, 6.45) is 9.41. The number of rotatable bonds is 14. The molecule has 0 fully saturated rings. The van der Waals surface area contributed by atoms with E-state index in [0.717, 1.165) is 80.0 Å². The number of fused-ring (bicyclic) bond motifs is 5. The van der Waals surface area contributed by atoms with Crippen molar-refractivity contribution in [2.24, 2.45) is 0 Å². The summed E-state index contributed by atoms with van der Waals surface area (Å²) in [5, 5.41) is 1.35. The number of hydrogen-bond acceptors (Lipinski definition) is 4. The first kappa shape index (κ1) is 29.0. The van der Waals surface area contributed by atoms with Gasteiger partial charge in [-0.25, -0.2) is 13.1 Å². The van der Waals surface area contributed by atoms with E-state index in [4.69, 9.17) is 0 Å². The van der Waals surface area contributed by atoms with Crippen LogP contribution in [0.2, 0.25) is 0 Å². The largest absolute Gasteiger partial charge is 0.307 e. The Morgan fingerprint density at radius 1 is 0.659 bits per heavy atom. The number of nitrogens with zero attached hydrogens (tertiary/aromatic N) is 1. The van der Waals surface area contributed by atoms with Crippen molar-refractivity contribution in [3.8, 4) is 11.3 Å². The summed E-state index contributed by atoms with van der Waals surface area (Å²) in [5.74, 6) is 0.00391. The first-order valence-corrected chi connectivity index (χ1v) is 16.2. The molecule has 0 spiro atoms. The summed E-state index contributed by atoms with van der Waals surface area (Å²) in [7, 11) is -3.43. The zero-order valence-corrected chi connectivity index (χ0v) is 24.5. The lowest BCUT2D eigenvalue weighted by Gasteiger charge is -2.15. The Morgan fingerprint density at radius 3 is 1.90 bits per heavy atom. The van der Waals surface area contributed by atoms with Gasteiger partial charge in [-0.05, 0) is 38.0 Å². The SMILES string of the molecule is Cc1ccc(S(=O)(=O)NCCCCCCCCCCCn2c3c(c4ccccc4c2=O)C(=O)c2ccccc2-3)cc1. The maximum atomic E-state index is 13.5. The standard InChI is InChI=1S/C34H38N2O4S/c1-25-19-21-26(22-20-25)41(39,40)35-23-13-7-5-3-2-4-6-8-14-24-36-32-28-16-10-11-17-29(28)33(37)31(32)27-15-9-12-18-30(27)34(36)38/h9-12,15-22,35H,2-8,13-14,23-24H2,1H3. The molecule has 0 amide bonds. The number of carbonyl (C=O) groups is 1. The average Bonchev–Trinajstić information content (AvgIpc) is 3.27. The lowest BCUT2D eigenvalue weighted by molar-refractivity contribution is 0.104. The number of pyridine rings is 1. The van der Waals surface area contributed by atoms with E-state index in [9.17, 15) is 18.0 Å². The topological polar surface area (TPSA) is 85.2 Å². The zero-order chi connectivity index (χ0) is 28.8. The molecule has 1 aromatic heterocycles. The molecular formula is C34H38N2O4S. The first-order valence-electron chi connectivity index (χ1n) is 14.7. The summed E-state index contributed by atoms with van der Waals surface area (Å²) in [6.45, 7) is 3.00. The quantitative estimate of drug-likeness (QED) is 0.146. The molecule has 0 saturated heterocycles. The lowest BCUT2D eigenvalue weighted by atomic mass is 10.0. The molecule has 1 aliphatic carbocycles. The number of carbonyl (C=O) groups excluding carboxylic acids is 1. The second-order valence-corrected chi connectivity index (χ2v) is 12.8. The van der Waals surface area contributed by atoms with Crippen LogP contribution >= 0.6 is 0 Å². The molecule has 7 heteroatoms. The van der Waals surface area contributed by atoms with Crippen LogP contribution in [-0.4, -0.2) is 25.3 Å². The van der Waals surface area contributed by atoms with Gasteiger partial charge < -0.3 is 4.57 Å². The average molecular weight is 571 g/mol. The Morgan fingerprint density at radius 2 is 1.22 bits per heavy atom. The molecule has 41 heavy (non-hydrogen) atoms. The van der Waals surface area contributed by atoms with Crippen molar-refractivity contribution in [1.29, 1.82) is 0 Å². The van der Waals surface area contributed by atoms with Gasteiger partial charge in [0.2, 0.25) is 10.0 Å². The minimum Gasteiger partial charge on any atom is -0.307 e. The van der Waals surface area contributed by atoms with Crippen molar-refractivity contribution >= 4 is 26.6 Å². The van der Waals surface area contributed by atoms with Crippen LogP contribution in [0, 0.1) is 6.92 Å². The van der Waals surface area contributed by atoms with E-state index in [-0.39, 0.29) is 11.3 Å². The van der Waals surface area contributed by atoms with Gasteiger partial charge in [-0.3, -0.25) is 9.59 Å². The summed E-state index contributed by atoms with van der Waals surface area (Å²) in [6, 6.07) is 22.0. The normalized spacial score (nSPS) is 12.6. The maximum absolute atomic E-state index is 13.5. The van der Waals surface area contributed by atoms with Crippen LogP contribution in [-0.2, 0) is 16.6 Å². The van der Waals surface area contributed by atoms with Gasteiger partial charge in [0.05, 0.1) is 16.2 Å². The summed E-state index contributed by atoms with van der Waals surface area (Å²) >= 11 is 0. The van der Waals surface area contributed by atoms with Crippen molar-refractivity contribution in [3.63, 3.8) is 0 Å². The van der Waals surface area contributed by atoms with Gasteiger partial charge in [0, 0.05) is 35.0 Å². The number of nitrogens with one attached hydrogen (secondary N) is 1. The van der Waals surface area contributed by atoms with E-state index in [0.29, 0.717) is 34.5 Å². The van der Waals surface area contributed by atoms with Crippen LogP contribution in [0.25, 0.3) is 22.0 Å². The minimum absolute atomic E-state index is 0.00391. The Bertz CT molecular complexity index is 1710. The second-order valence-electron chi connectivity index (χ2n) is 11.0. The Kier molecular flexibility index (Phi) is 9.15. The molecule has 0 bridgehead atoms. The van der Waals surface area contributed by atoms with Crippen molar-refractivity contribution in [2.45, 2.75) is 76.2 Å². The fourth-order valence-corrected chi connectivity index (χ4v) is 6.86. The van der Waals surface area contributed by atoms with Gasteiger partial charge in [0.1, 0.15) is 0 Å². The molecule has 0 unspecified atom stereocenters. The van der Waals surface area contributed by atoms with Gasteiger partial charge in [0.25, 0.3) is 5.56 Å². The van der Waals surface area contributed by atoms with E-state index in [1.54, 1.807) is 12.1 Å². The molecule has 1 aliphatic rings. The molecule has 214 valence electrons. The highest BCUT2D eigenvalue weighted by Gasteiger charge is 2.32.